The van der Waals surface area contributed by atoms with Crippen LogP contribution in [-0.4, -0.2) is 32.1 Å². The molecule has 10 heteroatoms. The van der Waals surface area contributed by atoms with Gasteiger partial charge in [0.15, 0.2) is 11.5 Å². The van der Waals surface area contributed by atoms with E-state index in [0.717, 1.165) is 20.3 Å². The smallest absolute Gasteiger partial charge is 0.293 e. The number of nitrogens with one attached hydrogen (secondary N) is 1. The number of benzene rings is 2. The van der Waals surface area contributed by atoms with Crippen molar-refractivity contribution in [3.63, 3.8) is 0 Å². The van der Waals surface area contributed by atoms with Crippen LogP contribution in [-0.2, 0) is 17.9 Å². The SMILES string of the molecule is O=C(Cn1ncn2nc(-c3ccc(Br)cc3)cc2c1=O)NCc1ccc2c(c1)OCO2. The first-order chi connectivity index (χ1) is 15.1. The molecule has 3 heterocycles. The number of carbonyl (C=O) groups is 1. The Kier molecular flexibility index (Phi) is 4.91. The molecule has 0 saturated carbocycles. The minimum Gasteiger partial charge on any atom is -0.454 e. The highest BCUT2D eigenvalue weighted by atomic mass is 79.9. The Morgan fingerprint density at radius 3 is 2.74 bits per heavy atom. The highest BCUT2D eigenvalue weighted by molar-refractivity contribution is 9.10. The number of hydrogen-bond donors (Lipinski definition) is 1. The summed E-state index contributed by atoms with van der Waals surface area (Å²) in [6.07, 6.45) is 1.42. The highest BCUT2D eigenvalue weighted by Gasteiger charge is 2.15. The van der Waals surface area contributed by atoms with E-state index in [2.05, 4.69) is 31.4 Å². The molecular weight excluding hydrogens is 466 g/mol. The molecule has 2 aromatic carbocycles. The van der Waals surface area contributed by atoms with Gasteiger partial charge in [-0.1, -0.05) is 34.1 Å². The topological polar surface area (TPSA) is 99.8 Å². The molecular formula is C21H16BrN5O4. The minimum atomic E-state index is -0.392. The summed E-state index contributed by atoms with van der Waals surface area (Å²) in [5.74, 6) is 1.00. The van der Waals surface area contributed by atoms with E-state index in [1.54, 1.807) is 12.1 Å². The molecule has 0 radical (unpaired) electrons. The van der Waals surface area contributed by atoms with E-state index >= 15 is 0 Å². The molecule has 0 spiro atoms. The molecule has 0 bridgehead atoms. The molecule has 0 aliphatic carbocycles. The first kappa shape index (κ1) is 19.3. The van der Waals surface area contributed by atoms with Crippen LogP contribution in [0, 0.1) is 0 Å². The van der Waals surface area contributed by atoms with Gasteiger partial charge in [-0.3, -0.25) is 9.59 Å². The Bertz CT molecular complexity index is 1350. The van der Waals surface area contributed by atoms with Crippen LogP contribution in [0.1, 0.15) is 5.56 Å². The van der Waals surface area contributed by atoms with Crippen LogP contribution in [0.4, 0.5) is 0 Å². The fraction of sp³-hybridized carbons (Fsp3) is 0.143. The summed E-state index contributed by atoms with van der Waals surface area (Å²) in [4.78, 5) is 25.2. The number of ether oxygens (including phenoxy) is 2. The van der Waals surface area contributed by atoms with E-state index in [9.17, 15) is 9.59 Å². The number of fused-ring (bicyclic) bond motifs is 2. The Hall–Kier alpha value is -3.66. The maximum atomic E-state index is 12.8. The number of amides is 1. The first-order valence-corrected chi connectivity index (χ1v) is 10.2. The average molecular weight is 482 g/mol. The van der Waals surface area contributed by atoms with Crippen molar-refractivity contribution in [3.8, 4) is 22.8 Å². The van der Waals surface area contributed by atoms with Gasteiger partial charge < -0.3 is 14.8 Å². The molecule has 0 saturated heterocycles. The van der Waals surface area contributed by atoms with E-state index in [4.69, 9.17) is 9.47 Å². The second kappa shape index (κ2) is 7.88. The van der Waals surface area contributed by atoms with Crippen LogP contribution in [0.5, 0.6) is 11.5 Å². The molecule has 1 amide bonds. The summed E-state index contributed by atoms with van der Waals surface area (Å²) in [5.41, 5.74) is 2.34. The van der Waals surface area contributed by atoms with E-state index in [1.165, 1.54) is 10.8 Å². The molecule has 1 aliphatic rings. The number of carbonyl (C=O) groups excluding carboxylic acids is 1. The van der Waals surface area contributed by atoms with Crippen LogP contribution < -0.4 is 20.3 Å². The lowest BCUT2D eigenvalue weighted by Gasteiger charge is -2.07. The van der Waals surface area contributed by atoms with Crippen molar-refractivity contribution >= 4 is 27.4 Å². The fourth-order valence-corrected chi connectivity index (χ4v) is 3.52. The third-order valence-electron chi connectivity index (χ3n) is 4.85. The molecule has 9 nitrogen and oxygen atoms in total. The van der Waals surface area contributed by atoms with E-state index in [1.807, 2.05) is 36.4 Å². The Labute approximate surface area is 184 Å². The van der Waals surface area contributed by atoms with E-state index in [0.29, 0.717) is 29.3 Å². The summed E-state index contributed by atoms with van der Waals surface area (Å²) in [6, 6.07) is 14.8. The summed E-state index contributed by atoms with van der Waals surface area (Å²) in [7, 11) is 0. The van der Waals surface area contributed by atoms with Gasteiger partial charge in [0.25, 0.3) is 5.56 Å². The molecule has 1 N–H and O–H groups in total. The summed E-state index contributed by atoms with van der Waals surface area (Å²) in [5, 5.41) is 11.3. The maximum Gasteiger partial charge on any atom is 0.293 e. The van der Waals surface area contributed by atoms with Crippen LogP contribution in [0.2, 0.25) is 0 Å². The van der Waals surface area contributed by atoms with Crippen molar-refractivity contribution in [3.05, 3.63) is 75.2 Å². The van der Waals surface area contributed by atoms with Crippen molar-refractivity contribution in [2.75, 3.05) is 6.79 Å². The monoisotopic (exact) mass is 481 g/mol. The predicted molar refractivity (Wildman–Crippen MR) is 115 cm³/mol. The zero-order valence-electron chi connectivity index (χ0n) is 16.1. The quantitative estimate of drug-likeness (QED) is 0.469. The first-order valence-electron chi connectivity index (χ1n) is 9.43. The predicted octanol–water partition coefficient (Wildman–Crippen LogP) is 2.37. The molecule has 5 rings (SSSR count). The van der Waals surface area contributed by atoms with Crippen LogP contribution in [0.3, 0.4) is 0 Å². The van der Waals surface area contributed by atoms with Gasteiger partial charge in [-0.25, -0.2) is 9.20 Å². The number of halogens is 1. The zero-order chi connectivity index (χ0) is 21.4. The standard InChI is InChI=1S/C21H16BrN5O4/c22-15-4-2-14(3-5-15)16-8-17-21(29)26(24-11-27(17)25-16)10-20(28)23-9-13-1-6-18-19(7-13)31-12-30-18/h1-8,11H,9-10,12H2,(H,23,28). The zero-order valence-corrected chi connectivity index (χ0v) is 17.7. The van der Waals surface area contributed by atoms with Crippen molar-refractivity contribution < 1.29 is 14.3 Å². The van der Waals surface area contributed by atoms with Gasteiger partial charge in [-0.05, 0) is 35.9 Å². The van der Waals surface area contributed by atoms with E-state index in [-0.39, 0.29) is 19.2 Å². The molecule has 0 atom stereocenters. The Morgan fingerprint density at radius 2 is 1.90 bits per heavy atom. The fourth-order valence-electron chi connectivity index (χ4n) is 3.26. The normalized spacial score (nSPS) is 12.3. The van der Waals surface area contributed by atoms with Gasteiger partial charge in [0.1, 0.15) is 18.4 Å². The molecule has 31 heavy (non-hydrogen) atoms. The third kappa shape index (κ3) is 3.89. The molecule has 0 unspecified atom stereocenters. The van der Waals surface area contributed by atoms with Gasteiger partial charge in [0.05, 0.1) is 5.69 Å². The van der Waals surface area contributed by atoms with Crippen LogP contribution in [0.15, 0.2) is 64.1 Å². The molecule has 0 fully saturated rings. The molecule has 2 aromatic heterocycles. The van der Waals surface area contributed by atoms with Crippen molar-refractivity contribution in [2.24, 2.45) is 0 Å². The number of hydrogen-bond acceptors (Lipinski definition) is 6. The lowest BCUT2D eigenvalue weighted by atomic mass is 10.1. The highest BCUT2D eigenvalue weighted by Crippen LogP contribution is 2.32. The number of aromatic nitrogens is 4. The molecule has 1 aliphatic heterocycles. The van der Waals surface area contributed by atoms with Gasteiger partial charge in [-0.15, -0.1) is 0 Å². The lowest BCUT2D eigenvalue weighted by Crippen LogP contribution is -2.34. The summed E-state index contributed by atoms with van der Waals surface area (Å²) < 4.78 is 14.1. The van der Waals surface area contributed by atoms with Crippen LogP contribution in [0.25, 0.3) is 16.8 Å². The second-order valence-electron chi connectivity index (χ2n) is 6.92. The Morgan fingerprint density at radius 1 is 1.10 bits per heavy atom. The van der Waals surface area contributed by atoms with Gasteiger partial charge in [0.2, 0.25) is 12.7 Å². The van der Waals surface area contributed by atoms with Crippen LogP contribution >= 0.6 is 15.9 Å². The summed E-state index contributed by atoms with van der Waals surface area (Å²) >= 11 is 3.40. The van der Waals surface area contributed by atoms with Crippen molar-refractivity contribution in [2.45, 2.75) is 13.1 Å². The summed E-state index contributed by atoms with van der Waals surface area (Å²) in [6.45, 7) is 0.298. The molecule has 4 aromatic rings. The minimum absolute atomic E-state index is 0.195. The lowest BCUT2D eigenvalue weighted by molar-refractivity contribution is -0.122. The van der Waals surface area contributed by atoms with E-state index < -0.39 is 5.56 Å². The molecule has 156 valence electrons. The van der Waals surface area contributed by atoms with Crippen molar-refractivity contribution in [1.29, 1.82) is 0 Å². The average Bonchev–Trinajstić information content (AvgIpc) is 3.42. The van der Waals surface area contributed by atoms with Gasteiger partial charge in [-0.2, -0.15) is 10.2 Å². The van der Waals surface area contributed by atoms with Gasteiger partial charge in [0, 0.05) is 16.6 Å². The number of rotatable bonds is 5. The maximum absolute atomic E-state index is 12.8. The second-order valence-corrected chi connectivity index (χ2v) is 7.84. The third-order valence-corrected chi connectivity index (χ3v) is 5.38. The van der Waals surface area contributed by atoms with Gasteiger partial charge >= 0.3 is 0 Å². The number of nitrogens with zero attached hydrogens (tertiary/aromatic N) is 4. The largest absolute Gasteiger partial charge is 0.454 e. The van der Waals surface area contributed by atoms with Crippen molar-refractivity contribution in [1.82, 2.24) is 24.7 Å². The Balaban J connectivity index is 1.30.